The summed E-state index contributed by atoms with van der Waals surface area (Å²) in [5.41, 5.74) is 8.08. The van der Waals surface area contributed by atoms with Gasteiger partial charge in [-0.3, -0.25) is 0 Å². The number of rotatable bonds is 6. The van der Waals surface area contributed by atoms with Crippen LogP contribution in [0.2, 0.25) is 0 Å². The fourth-order valence-electron chi connectivity index (χ4n) is 1.95. The van der Waals surface area contributed by atoms with E-state index in [-0.39, 0.29) is 6.04 Å². The summed E-state index contributed by atoms with van der Waals surface area (Å²) in [6.45, 7) is 5.05. The second kappa shape index (κ2) is 6.96. The second-order valence-corrected chi connectivity index (χ2v) is 4.82. The van der Waals surface area contributed by atoms with E-state index >= 15 is 0 Å². The maximum absolute atomic E-state index is 5.86. The van der Waals surface area contributed by atoms with Gasteiger partial charge in [0.15, 0.2) is 0 Å². The van der Waals surface area contributed by atoms with Crippen LogP contribution in [-0.4, -0.2) is 13.2 Å². The molecule has 0 saturated heterocycles. The smallest absolute Gasteiger partial charge is 0.122 e. The Morgan fingerprint density at radius 3 is 2.35 bits per heavy atom. The number of para-hydroxylation sites is 1. The van der Waals surface area contributed by atoms with Crippen molar-refractivity contribution in [2.45, 2.75) is 19.9 Å². The zero-order valence-corrected chi connectivity index (χ0v) is 12.0. The molecule has 0 aliphatic heterocycles. The molecule has 3 heteroatoms. The van der Waals surface area contributed by atoms with Crippen molar-refractivity contribution in [3.8, 4) is 11.5 Å². The zero-order chi connectivity index (χ0) is 14.4. The van der Waals surface area contributed by atoms with Crippen molar-refractivity contribution in [1.29, 1.82) is 0 Å². The van der Waals surface area contributed by atoms with Gasteiger partial charge in [-0.1, -0.05) is 30.3 Å². The SMILES string of the molecule is Cc1cc(C(C)N)ccc1OCCOc1ccccc1. The molecule has 0 radical (unpaired) electrons. The van der Waals surface area contributed by atoms with Crippen LogP contribution >= 0.6 is 0 Å². The van der Waals surface area contributed by atoms with Gasteiger partial charge in [0, 0.05) is 6.04 Å². The fraction of sp³-hybridized carbons (Fsp3) is 0.294. The largest absolute Gasteiger partial charge is 0.490 e. The summed E-state index contributed by atoms with van der Waals surface area (Å²) in [6, 6.07) is 15.8. The minimum Gasteiger partial charge on any atom is -0.490 e. The van der Waals surface area contributed by atoms with E-state index in [1.807, 2.05) is 56.3 Å². The molecule has 0 amide bonds. The van der Waals surface area contributed by atoms with Gasteiger partial charge in [-0.05, 0) is 43.2 Å². The third-order valence-corrected chi connectivity index (χ3v) is 3.08. The molecule has 20 heavy (non-hydrogen) atoms. The van der Waals surface area contributed by atoms with Crippen LogP contribution < -0.4 is 15.2 Å². The van der Waals surface area contributed by atoms with Crippen LogP contribution in [0.5, 0.6) is 11.5 Å². The van der Waals surface area contributed by atoms with Crippen LogP contribution in [-0.2, 0) is 0 Å². The summed E-state index contributed by atoms with van der Waals surface area (Å²) in [5, 5.41) is 0. The first kappa shape index (κ1) is 14.4. The van der Waals surface area contributed by atoms with Crippen LogP contribution in [0.3, 0.4) is 0 Å². The molecule has 2 N–H and O–H groups in total. The van der Waals surface area contributed by atoms with Gasteiger partial charge >= 0.3 is 0 Å². The average molecular weight is 271 g/mol. The van der Waals surface area contributed by atoms with Crippen LogP contribution in [0.15, 0.2) is 48.5 Å². The average Bonchev–Trinajstić information content (AvgIpc) is 2.46. The second-order valence-electron chi connectivity index (χ2n) is 4.82. The summed E-state index contributed by atoms with van der Waals surface area (Å²) in [4.78, 5) is 0. The van der Waals surface area contributed by atoms with E-state index in [1.165, 1.54) is 0 Å². The molecule has 1 atom stereocenters. The van der Waals surface area contributed by atoms with Gasteiger partial charge in [-0.25, -0.2) is 0 Å². The molecule has 2 aromatic carbocycles. The number of aryl methyl sites for hydroxylation is 1. The zero-order valence-electron chi connectivity index (χ0n) is 12.0. The number of benzene rings is 2. The molecule has 2 rings (SSSR count). The van der Waals surface area contributed by atoms with Gasteiger partial charge in [0.25, 0.3) is 0 Å². The Labute approximate surface area is 120 Å². The fourth-order valence-corrected chi connectivity index (χ4v) is 1.95. The summed E-state index contributed by atoms with van der Waals surface area (Å²) in [7, 11) is 0. The van der Waals surface area contributed by atoms with Crippen molar-refractivity contribution in [3.05, 3.63) is 59.7 Å². The highest BCUT2D eigenvalue weighted by Crippen LogP contribution is 2.21. The van der Waals surface area contributed by atoms with E-state index in [1.54, 1.807) is 0 Å². The molecule has 0 spiro atoms. The highest BCUT2D eigenvalue weighted by molar-refractivity contribution is 5.37. The van der Waals surface area contributed by atoms with Crippen molar-refractivity contribution in [3.63, 3.8) is 0 Å². The first-order valence-electron chi connectivity index (χ1n) is 6.83. The summed E-state index contributed by atoms with van der Waals surface area (Å²) >= 11 is 0. The Bertz CT molecular complexity index is 538. The van der Waals surface area contributed by atoms with Gasteiger partial charge in [-0.2, -0.15) is 0 Å². The summed E-state index contributed by atoms with van der Waals surface area (Å²) < 4.78 is 11.3. The molecular formula is C17H21NO2. The molecule has 1 unspecified atom stereocenters. The molecule has 0 aromatic heterocycles. The summed E-state index contributed by atoms with van der Waals surface area (Å²) in [6.07, 6.45) is 0. The minimum absolute atomic E-state index is 0.0455. The van der Waals surface area contributed by atoms with Gasteiger partial charge in [0.05, 0.1) is 0 Å². The third kappa shape index (κ3) is 4.00. The molecule has 0 fully saturated rings. The van der Waals surface area contributed by atoms with Crippen LogP contribution in [0.25, 0.3) is 0 Å². The normalized spacial score (nSPS) is 11.9. The van der Waals surface area contributed by atoms with Crippen molar-refractivity contribution >= 4 is 0 Å². The predicted molar refractivity (Wildman–Crippen MR) is 81.2 cm³/mol. The number of hydrogen-bond acceptors (Lipinski definition) is 3. The Morgan fingerprint density at radius 2 is 1.70 bits per heavy atom. The van der Waals surface area contributed by atoms with Gasteiger partial charge in [-0.15, -0.1) is 0 Å². The number of ether oxygens (including phenoxy) is 2. The summed E-state index contributed by atoms with van der Waals surface area (Å²) in [5.74, 6) is 1.74. The molecule has 0 aliphatic carbocycles. The van der Waals surface area contributed by atoms with Crippen LogP contribution in [0, 0.1) is 6.92 Å². The Balaban J connectivity index is 1.82. The lowest BCUT2D eigenvalue weighted by Gasteiger charge is -2.12. The van der Waals surface area contributed by atoms with E-state index in [0.717, 1.165) is 22.6 Å². The molecule has 3 nitrogen and oxygen atoms in total. The third-order valence-electron chi connectivity index (χ3n) is 3.08. The first-order valence-corrected chi connectivity index (χ1v) is 6.83. The lowest BCUT2D eigenvalue weighted by atomic mass is 10.1. The Hall–Kier alpha value is -2.00. The molecular weight excluding hydrogens is 250 g/mol. The van der Waals surface area contributed by atoms with Crippen molar-refractivity contribution in [1.82, 2.24) is 0 Å². The van der Waals surface area contributed by atoms with E-state index in [9.17, 15) is 0 Å². The molecule has 0 heterocycles. The van der Waals surface area contributed by atoms with Crippen LogP contribution in [0.1, 0.15) is 24.1 Å². The van der Waals surface area contributed by atoms with Crippen molar-refractivity contribution in [2.75, 3.05) is 13.2 Å². The number of hydrogen-bond donors (Lipinski definition) is 1. The highest BCUT2D eigenvalue weighted by atomic mass is 16.5. The lowest BCUT2D eigenvalue weighted by molar-refractivity contribution is 0.216. The lowest BCUT2D eigenvalue weighted by Crippen LogP contribution is -2.10. The van der Waals surface area contributed by atoms with E-state index in [2.05, 4.69) is 6.07 Å². The molecule has 106 valence electrons. The first-order chi connectivity index (χ1) is 9.66. The van der Waals surface area contributed by atoms with Gasteiger partial charge in [0.2, 0.25) is 0 Å². The maximum atomic E-state index is 5.86. The maximum Gasteiger partial charge on any atom is 0.122 e. The Morgan fingerprint density at radius 1 is 1.00 bits per heavy atom. The monoisotopic (exact) mass is 271 g/mol. The van der Waals surface area contributed by atoms with Gasteiger partial charge < -0.3 is 15.2 Å². The van der Waals surface area contributed by atoms with Crippen LogP contribution in [0.4, 0.5) is 0 Å². The molecule has 0 saturated carbocycles. The van der Waals surface area contributed by atoms with E-state index < -0.39 is 0 Å². The Kier molecular flexibility index (Phi) is 5.02. The standard InChI is InChI=1S/C17H21NO2/c1-13-12-15(14(2)18)8-9-17(13)20-11-10-19-16-6-4-3-5-7-16/h3-9,12,14H,10-11,18H2,1-2H3. The van der Waals surface area contributed by atoms with Crippen molar-refractivity contribution in [2.24, 2.45) is 5.73 Å². The highest BCUT2D eigenvalue weighted by Gasteiger charge is 2.04. The van der Waals surface area contributed by atoms with E-state index in [4.69, 9.17) is 15.2 Å². The number of nitrogens with two attached hydrogens (primary N) is 1. The quantitative estimate of drug-likeness (QED) is 0.818. The topological polar surface area (TPSA) is 44.5 Å². The molecule has 2 aromatic rings. The van der Waals surface area contributed by atoms with E-state index in [0.29, 0.717) is 13.2 Å². The van der Waals surface area contributed by atoms with Gasteiger partial charge in [0.1, 0.15) is 24.7 Å². The minimum atomic E-state index is 0.0455. The van der Waals surface area contributed by atoms with Crippen molar-refractivity contribution < 1.29 is 9.47 Å². The molecule has 0 bridgehead atoms. The predicted octanol–water partition coefficient (Wildman–Crippen LogP) is 3.47. The molecule has 0 aliphatic rings.